The molecule has 0 rings (SSSR count). The van der Waals surface area contributed by atoms with E-state index in [1.54, 1.807) is 0 Å². The maximum absolute atomic E-state index is 10.4. The standard InChI is InChI=1S/C6H11N3O2/c1-2-3-4-8-9-6(11)5(7)10/h4H,2-3H2,1H3,(H2,7,10)(H,9,11)/b8-4+. The Morgan fingerprint density at radius 2 is 2.27 bits per heavy atom. The zero-order valence-electron chi connectivity index (χ0n) is 6.33. The summed E-state index contributed by atoms with van der Waals surface area (Å²) in [5.74, 6) is -1.92. The first kappa shape index (κ1) is 9.61. The highest BCUT2D eigenvalue weighted by molar-refractivity contribution is 6.34. The first-order valence-electron chi connectivity index (χ1n) is 3.29. The molecule has 0 spiro atoms. The van der Waals surface area contributed by atoms with Gasteiger partial charge < -0.3 is 5.73 Å². The fraction of sp³-hybridized carbons (Fsp3) is 0.500. The van der Waals surface area contributed by atoms with Crippen LogP contribution in [0.1, 0.15) is 19.8 Å². The van der Waals surface area contributed by atoms with E-state index < -0.39 is 11.8 Å². The zero-order chi connectivity index (χ0) is 8.69. The summed E-state index contributed by atoms with van der Waals surface area (Å²) in [4.78, 5) is 20.5. The molecule has 11 heavy (non-hydrogen) atoms. The first-order valence-corrected chi connectivity index (χ1v) is 3.29. The maximum atomic E-state index is 10.4. The lowest BCUT2D eigenvalue weighted by molar-refractivity contribution is -0.137. The van der Waals surface area contributed by atoms with E-state index >= 15 is 0 Å². The topological polar surface area (TPSA) is 84.6 Å². The van der Waals surface area contributed by atoms with Gasteiger partial charge in [0.1, 0.15) is 0 Å². The Labute approximate surface area is 64.6 Å². The van der Waals surface area contributed by atoms with Crippen LogP contribution in [0.25, 0.3) is 0 Å². The van der Waals surface area contributed by atoms with E-state index in [1.807, 2.05) is 12.3 Å². The molecule has 0 heterocycles. The number of amides is 2. The van der Waals surface area contributed by atoms with Crippen molar-refractivity contribution in [1.29, 1.82) is 0 Å². The number of nitrogens with one attached hydrogen (secondary N) is 1. The largest absolute Gasteiger partial charge is 0.361 e. The van der Waals surface area contributed by atoms with E-state index in [9.17, 15) is 9.59 Å². The summed E-state index contributed by atoms with van der Waals surface area (Å²) >= 11 is 0. The van der Waals surface area contributed by atoms with Crippen LogP contribution in [0.4, 0.5) is 0 Å². The third kappa shape index (κ3) is 5.07. The second kappa shape index (κ2) is 5.40. The van der Waals surface area contributed by atoms with Gasteiger partial charge in [-0.3, -0.25) is 9.59 Å². The summed E-state index contributed by atoms with van der Waals surface area (Å²) in [5, 5.41) is 3.46. The fourth-order valence-electron chi connectivity index (χ4n) is 0.353. The summed E-state index contributed by atoms with van der Waals surface area (Å²) in [7, 11) is 0. The minimum Gasteiger partial charge on any atom is -0.361 e. The van der Waals surface area contributed by atoms with Gasteiger partial charge in [-0.25, -0.2) is 5.43 Å². The van der Waals surface area contributed by atoms with Gasteiger partial charge in [-0.1, -0.05) is 13.3 Å². The summed E-state index contributed by atoms with van der Waals surface area (Å²) in [5.41, 5.74) is 6.60. The Kier molecular flexibility index (Phi) is 4.72. The first-order chi connectivity index (χ1) is 5.18. The van der Waals surface area contributed by atoms with Gasteiger partial charge in [0.25, 0.3) is 0 Å². The molecule has 5 heteroatoms. The highest BCUT2D eigenvalue weighted by Crippen LogP contribution is 1.78. The van der Waals surface area contributed by atoms with Crippen LogP contribution >= 0.6 is 0 Å². The molecule has 62 valence electrons. The van der Waals surface area contributed by atoms with Crippen LogP contribution in [0.15, 0.2) is 5.10 Å². The fourth-order valence-corrected chi connectivity index (χ4v) is 0.353. The lowest BCUT2D eigenvalue weighted by Gasteiger charge is -1.91. The monoisotopic (exact) mass is 157 g/mol. The highest BCUT2D eigenvalue weighted by atomic mass is 16.2. The lowest BCUT2D eigenvalue weighted by Crippen LogP contribution is -2.32. The van der Waals surface area contributed by atoms with Crippen LogP contribution in [0, 0.1) is 0 Å². The molecule has 3 N–H and O–H groups in total. The molecule has 0 atom stereocenters. The Morgan fingerprint density at radius 3 is 2.73 bits per heavy atom. The molecule has 5 nitrogen and oxygen atoms in total. The average Bonchev–Trinajstić information content (AvgIpc) is 1.97. The third-order valence-electron chi connectivity index (χ3n) is 0.899. The molecular weight excluding hydrogens is 146 g/mol. The minimum absolute atomic E-state index is 0.763. The molecule has 0 aromatic carbocycles. The molecule has 0 saturated carbocycles. The van der Waals surface area contributed by atoms with Crippen molar-refractivity contribution in [1.82, 2.24) is 5.43 Å². The lowest BCUT2D eigenvalue weighted by atomic mass is 10.4. The minimum atomic E-state index is -1.03. The molecule has 0 bridgehead atoms. The predicted octanol–water partition coefficient (Wildman–Crippen LogP) is -0.626. The van der Waals surface area contributed by atoms with E-state index in [-0.39, 0.29) is 0 Å². The van der Waals surface area contributed by atoms with Gasteiger partial charge in [0.15, 0.2) is 0 Å². The molecular formula is C6H11N3O2. The zero-order valence-corrected chi connectivity index (χ0v) is 6.33. The number of nitrogens with two attached hydrogens (primary N) is 1. The summed E-state index contributed by atoms with van der Waals surface area (Å²) < 4.78 is 0. The van der Waals surface area contributed by atoms with E-state index in [1.165, 1.54) is 6.21 Å². The van der Waals surface area contributed by atoms with Crippen LogP contribution in [0.3, 0.4) is 0 Å². The van der Waals surface area contributed by atoms with Gasteiger partial charge in [-0.15, -0.1) is 0 Å². The third-order valence-corrected chi connectivity index (χ3v) is 0.899. The van der Waals surface area contributed by atoms with Crippen molar-refractivity contribution in [3.05, 3.63) is 0 Å². The van der Waals surface area contributed by atoms with E-state index in [4.69, 9.17) is 0 Å². The van der Waals surface area contributed by atoms with Crippen molar-refractivity contribution >= 4 is 18.0 Å². The molecule has 2 amide bonds. The smallest absolute Gasteiger partial charge is 0.329 e. The summed E-state index contributed by atoms with van der Waals surface area (Å²) in [6, 6.07) is 0. The summed E-state index contributed by atoms with van der Waals surface area (Å²) in [6.45, 7) is 1.97. The second-order valence-electron chi connectivity index (χ2n) is 1.91. The molecule has 0 fully saturated rings. The van der Waals surface area contributed by atoms with Gasteiger partial charge in [0, 0.05) is 6.21 Å². The van der Waals surface area contributed by atoms with Gasteiger partial charge >= 0.3 is 11.8 Å². The van der Waals surface area contributed by atoms with Crippen molar-refractivity contribution in [2.45, 2.75) is 19.8 Å². The molecule has 0 aliphatic carbocycles. The van der Waals surface area contributed by atoms with Crippen molar-refractivity contribution in [3.63, 3.8) is 0 Å². The van der Waals surface area contributed by atoms with Crippen LogP contribution in [0.2, 0.25) is 0 Å². The SMILES string of the molecule is CCC/C=N/NC(=O)C(N)=O. The number of carbonyl (C=O) groups excluding carboxylic acids is 2. The van der Waals surface area contributed by atoms with Gasteiger partial charge in [-0.05, 0) is 6.42 Å². The number of hydrazone groups is 1. The highest BCUT2D eigenvalue weighted by Gasteiger charge is 2.04. The van der Waals surface area contributed by atoms with Crippen LogP contribution in [-0.4, -0.2) is 18.0 Å². The number of hydrogen-bond acceptors (Lipinski definition) is 3. The molecule has 0 saturated heterocycles. The Hall–Kier alpha value is -1.39. The molecule has 0 aromatic heterocycles. The number of hydrogen-bond donors (Lipinski definition) is 2. The Bertz CT molecular complexity index is 177. The number of unbranched alkanes of at least 4 members (excludes halogenated alkanes) is 1. The van der Waals surface area contributed by atoms with Crippen molar-refractivity contribution < 1.29 is 9.59 Å². The Morgan fingerprint density at radius 1 is 1.64 bits per heavy atom. The van der Waals surface area contributed by atoms with Crippen LogP contribution in [-0.2, 0) is 9.59 Å². The van der Waals surface area contributed by atoms with Gasteiger partial charge in [-0.2, -0.15) is 5.10 Å². The van der Waals surface area contributed by atoms with Crippen molar-refractivity contribution in [3.8, 4) is 0 Å². The van der Waals surface area contributed by atoms with Crippen LogP contribution in [0.5, 0.6) is 0 Å². The van der Waals surface area contributed by atoms with E-state index in [2.05, 4.69) is 10.8 Å². The second-order valence-corrected chi connectivity index (χ2v) is 1.91. The molecule has 0 aromatic rings. The van der Waals surface area contributed by atoms with Gasteiger partial charge in [0.05, 0.1) is 0 Å². The number of carbonyl (C=O) groups is 2. The van der Waals surface area contributed by atoms with Crippen molar-refractivity contribution in [2.75, 3.05) is 0 Å². The number of primary amides is 1. The number of nitrogens with zero attached hydrogens (tertiary/aromatic N) is 1. The quantitative estimate of drug-likeness (QED) is 0.325. The average molecular weight is 157 g/mol. The van der Waals surface area contributed by atoms with Gasteiger partial charge in [0.2, 0.25) is 0 Å². The molecule has 0 aliphatic rings. The molecule has 0 radical (unpaired) electrons. The number of rotatable bonds is 3. The maximum Gasteiger partial charge on any atom is 0.329 e. The Balaban J connectivity index is 3.53. The molecule has 0 unspecified atom stereocenters. The van der Waals surface area contributed by atoms with E-state index in [0.717, 1.165) is 12.8 Å². The normalized spacial score (nSPS) is 9.91. The van der Waals surface area contributed by atoms with Crippen LogP contribution < -0.4 is 11.2 Å². The van der Waals surface area contributed by atoms with E-state index in [0.29, 0.717) is 0 Å². The predicted molar refractivity (Wildman–Crippen MR) is 40.7 cm³/mol. The molecule has 0 aliphatic heterocycles. The van der Waals surface area contributed by atoms with Crippen molar-refractivity contribution in [2.24, 2.45) is 10.8 Å². The summed E-state index contributed by atoms with van der Waals surface area (Å²) in [6.07, 6.45) is 3.22.